The number of aromatic nitrogens is 2. The van der Waals surface area contributed by atoms with Crippen molar-refractivity contribution in [2.45, 2.75) is 45.6 Å². The Hall–Kier alpha value is -0.800. The fourth-order valence-corrected chi connectivity index (χ4v) is 2.87. The Balaban J connectivity index is 2.77. The Morgan fingerprint density at radius 3 is 2.50 bits per heavy atom. The molecule has 0 aliphatic rings. The van der Waals surface area contributed by atoms with Crippen LogP contribution in [0.4, 0.5) is 4.39 Å². The summed E-state index contributed by atoms with van der Waals surface area (Å²) in [5.41, 5.74) is 1.42. The van der Waals surface area contributed by atoms with Gasteiger partial charge in [0.05, 0.1) is 16.1 Å². The fourth-order valence-electron chi connectivity index (χ4n) is 2.54. The Labute approximate surface area is 128 Å². The molecule has 0 saturated carbocycles. The van der Waals surface area contributed by atoms with Crippen LogP contribution in [-0.4, -0.2) is 15.4 Å². The van der Waals surface area contributed by atoms with Crippen molar-refractivity contribution in [1.82, 2.24) is 9.55 Å². The fraction of sp³-hybridized carbons (Fsp3) is 0.533. The number of hydrogen-bond donors (Lipinski definition) is 0. The second-order valence-electron chi connectivity index (χ2n) is 5.26. The van der Waals surface area contributed by atoms with Crippen LogP contribution < -0.4 is 0 Å². The first-order chi connectivity index (χ1) is 9.46. The van der Waals surface area contributed by atoms with E-state index in [1.165, 1.54) is 6.07 Å². The average Bonchev–Trinajstić information content (AvgIpc) is 2.77. The second kappa shape index (κ2) is 5.90. The normalized spacial score (nSPS) is 12.3. The number of rotatable bonds is 5. The van der Waals surface area contributed by atoms with E-state index in [1.807, 2.05) is 0 Å². The molecule has 0 aliphatic carbocycles. The van der Waals surface area contributed by atoms with Gasteiger partial charge in [-0.05, 0) is 25.8 Å². The molecule has 0 unspecified atom stereocenters. The SMILES string of the molecule is CCC(C)(CC)n1c(CCCl)nc2cc(Cl)c(F)cc21. The van der Waals surface area contributed by atoms with Crippen molar-refractivity contribution in [2.75, 3.05) is 5.88 Å². The summed E-state index contributed by atoms with van der Waals surface area (Å²) >= 11 is 11.7. The van der Waals surface area contributed by atoms with Crippen LogP contribution in [0.2, 0.25) is 5.02 Å². The van der Waals surface area contributed by atoms with Crippen molar-refractivity contribution in [2.24, 2.45) is 0 Å². The number of hydrogen-bond acceptors (Lipinski definition) is 1. The van der Waals surface area contributed by atoms with Gasteiger partial charge >= 0.3 is 0 Å². The van der Waals surface area contributed by atoms with Gasteiger partial charge in [0.15, 0.2) is 0 Å². The molecule has 1 aromatic carbocycles. The van der Waals surface area contributed by atoms with E-state index in [4.69, 9.17) is 23.2 Å². The highest BCUT2D eigenvalue weighted by Crippen LogP contribution is 2.33. The highest BCUT2D eigenvalue weighted by Gasteiger charge is 2.27. The molecule has 0 amide bonds. The molecule has 1 aromatic heterocycles. The van der Waals surface area contributed by atoms with Gasteiger partial charge in [-0.2, -0.15) is 0 Å². The predicted octanol–water partition coefficient (Wildman–Crippen LogP) is 5.15. The van der Waals surface area contributed by atoms with Crippen LogP contribution >= 0.6 is 23.2 Å². The number of alkyl halides is 1. The molecule has 0 aliphatic heterocycles. The molecule has 0 fully saturated rings. The number of halogens is 3. The van der Waals surface area contributed by atoms with E-state index in [0.717, 1.165) is 29.7 Å². The number of benzene rings is 1. The minimum absolute atomic E-state index is 0.101. The Bertz CT molecular complexity index is 618. The van der Waals surface area contributed by atoms with E-state index in [9.17, 15) is 4.39 Å². The number of nitrogens with zero attached hydrogens (tertiary/aromatic N) is 2. The maximum Gasteiger partial charge on any atom is 0.144 e. The molecule has 20 heavy (non-hydrogen) atoms. The summed E-state index contributed by atoms with van der Waals surface area (Å²) in [5.74, 6) is 0.971. The van der Waals surface area contributed by atoms with Crippen LogP contribution in [-0.2, 0) is 12.0 Å². The first-order valence-electron chi connectivity index (χ1n) is 6.89. The third kappa shape index (κ3) is 2.53. The third-order valence-electron chi connectivity index (χ3n) is 4.15. The van der Waals surface area contributed by atoms with E-state index in [-0.39, 0.29) is 10.6 Å². The van der Waals surface area contributed by atoms with Crippen LogP contribution in [0.25, 0.3) is 11.0 Å². The molecule has 0 radical (unpaired) electrons. The number of imidazole rings is 1. The molecule has 2 rings (SSSR count). The van der Waals surface area contributed by atoms with Gasteiger partial charge in [0.2, 0.25) is 0 Å². The average molecular weight is 317 g/mol. The van der Waals surface area contributed by atoms with Gasteiger partial charge in [0.1, 0.15) is 11.6 Å². The first kappa shape index (κ1) is 15.6. The lowest BCUT2D eigenvalue weighted by Crippen LogP contribution is -2.30. The van der Waals surface area contributed by atoms with Crippen LogP contribution in [0.5, 0.6) is 0 Å². The van der Waals surface area contributed by atoms with Crippen LogP contribution in [0.1, 0.15) is 39.4 Å². The maximum absolute atomic E-state index is 13.8. The number of aryl methyl sites for hydroxylation is 1. The molecule has 1 heterocycles. The van der Waals surface area contributed by atoms with Gasteiger partial charge in [-0.3, -0.25) is 0 Å². The van der Waals surface area contributed by atoms with Gasteiger partial charge in [0, 0.05) is 23.9 Å². The van der Waals surface area contributed by atoms with Gasteiger partial charge in [-0.1, -0.05) is 25.4 Å². The standard InChI is InChI=1S/C15H19Cl2FN2/c1-4-15(3,5-2)20-13-9-11(18)10(17)8-12(13)19-14(20)6-7-16/h8-9H,4-7H2,1-3H3. The summed E-state index contributed by atoms with van der Waals surface area (Å²) in [7, 11) is 0. The van der Waals surface area contributed by atoms with Gasteiger partial charge in [0.25, 0.3) is 0 Å². The molecule has 0 bridgehead atoms. The summed E-state index contributed by atoms with van der Waals surface area (Å²) in [6, 6.07) is 3.07. The molecule has 0 spiro atoms. The van der Waals surface area contributed by atoms with Crippen LogP contribution in [0.15, 0.2) is 12.1 Å². The maximum atomic E-state index is 13.8. The zero-order chi connectivity index (χ0) is 14.9. The Morgan fingerprint density at radius 2 is 1.95 bits per heavy atom. The quantitative estimate of drug-likeness (QED) is 0.698. The molecule has 2 aromatic rings. The van der Waals surface area contributed by atoms with Gasteiger partial charge < -0.3 is 4.57 Å². The lowest BCUT2D eigenvalue weighted by molar-refractivity contribution is 0.294. The minimum atomic E-state index is -0.410. The van der Waals surface area contributed by atoms with Gasteiger partial charge in [-0.15, -0.1) is 11.6 Å². The van der Waals surface area contributed by atoms with Crippen LogP contribution in [0, 0.1) is 5.82 Å². The number of fused-ring (bicyclic) bond motifs is 1. The zero-order valence-electron chi connectivity index (χ0n) is 12.0. The van der Waals surface area contributed by atoms with E-state index < -0.39 is 5.82 Å². The van der Waals surface area contributed by atoms with E-state index in [2.05, 4.69) is 30.3 Å². The third-order valence-corrected chi connectivity index (χ3v) is 4.63. The molecular formula is C15H19Cl2FN2. The van der Waals surface area contributed by atoms with E-state index in [1.54, 1.807) is 6.07 Å². The lowest BCUT2D eigenvalue weighted by Gasteiger charge is -2.31. The summed E-state index contributed by atoms with van der Waals surface area (Å²) in [5, 5.41) is 0.106. The molecule has 5 heteroatoms. The molecular weight excluding hydrogens is 298 g/mol. The Morgan fingerprint density at radius 1 is 1.30 bits per heavy atom. The van der Waals surface area contributed by atoms with Crippen molar-refractivity contribution in [3.8, 4) is 0 Å². The van der Waals surface area contributed by atoms with Crippen molar-refractivity contribution in [3.05, 3.63) is 28.8 Å². The lowest BCUT2D eigenvalue weighted by atomic mass is 9.94. The summed E-state index contributed by atoms with van der Waals surface area (Å²) in [4.78, 5) is 4.59. The van der Waals surface area contributed by atoms with E-state index in [0.29, 0.717) is 12.3 Å². The summed E-state index contributed by atoms with van der Waals surface area (Å²) < 4.78 is 15.9. The summed E-state index contributed by atoms with van der Waals surface area (Å²) in [6.45, 7) is 6.43. The second-order valence-corrected chi connectivity index (χ2v) is 6.05. The summed E-state index contributed by atoms with van der Waals surface area (Å²) in [6.07, 6.45) is 2.54. The molecule has 0 N–H and O–H groups in total. The molecule has 110 valence electrons. The van der Waals surface area contributed by atoms with Crippen LogP contribution in [0.3, 0.4) is 0 Å². The first-order valence-corrected chi connectivity index (χ1v) is 7.81. The largest absolute Gasteiger partial charge is 0.322 e. The van der Waals surface area contributed by atoms with Crippen molar-refractivity contribution in [1.29, 1.82) is 0 Å². The van der Waals surface area contributed by atoms with E-state index >= 15 is 0 Å². The van der Waals surface area contributed by atoms with Crippen molar-refractivity contribution < 1.29 is 4.39 Å². The highest BCUT2D eigenvalue weighted by molar-refractivity contribution is 6.31. The zero-order valence-corrected chi connectivity index (χ0v) is 13.5. The smallest absolute Gasteiger partial charge is 0.144 e. The molecule has 2 nitrogen and oxygen atoms in total. The monoisotopic (exact) mass is 316 g/mol. The highest BCUT2D eigenvalue weighted by atomic mass is 35.5. The Kier molecular flexibility index (Phi) is 4.60. The molecule has 0 saturated heterocycles. The minimum Gasteiger partial charge on any atom is -0.322 e. The van der Waals surface area contributed by atoms with Crippen molar-refractivity contribution in [3.63, 3.8) is 0 Å². The predicted molar refractivity (Wildman–Crippen MR) is 83.4 cm³/mol. The topological polar surface area (TPSA) is 17.8 Å². The van der Waals surface area contributed by atoms with Gasteiger partial charge in [-0.25, -0.2) is 9.37 Å². The van der Waals surface area contributed by atoms with Crippen molar-refractivity contribution >= 4 is 34.2 Å². The molecule has 0 atom stereocenters.